The second kappa shape index (κ2) is 4.78. The predicted octanol–water partition coefficient (Wildman–Crippen LogP) is 1.26. The maximum absolute atomic E-state index is 11.7. The van der Waals surface area contributed by atoms with Crippen molar-refractivity contribution in [2.24, 2.45) is 5.10 Å². The zero-order valence-electron chi connectivity index (χ0n) is 9.51. The first-order valence-corrected chi connectivity index (χ1v) is 5.46. The van der Waals surface area contributed by atoms with E-state index in [0.29, 0.717) is 17.9 Å². The largest absolute Gasteiger partial charge is 0.312 e. The quantitative estimate of drug-likeness (QED) is 0.833. The summed E-state index contributed by atoms with van der Waals surface area (Å²) in [4.78, 5) is 22.9. The number of amides is 2. The van der Waals surface area contributed by atoms with Gasteiger partial charge < -0.3 is 5.32 Å². The highest BCUT2D eigenvalue weighted by Gasteiger charge is 2.25. The molecule has 5 heteroatoms. The van der Waals surface area contributed by atoms with Gasteiger partial charge in [-0.05, 0) is 12.1 Å². The van der Waals surface area contributed by atoms with E-state index in [1.165, 1.54) is 5.01 Å². The fourth-order valence-electron chi connectivity index (χ4n) is 1.52. The lowest BCUT2D eigenvalue weighted by Crippen LogP contribution is -2.28. The Labute approximate surface area is 99.1 Å². The number of hydrogen-bond acceptors (Lipinski definition) is 3. The van der Waals surface area contributed by atoms with Gasteiger partial charge in [-0.25, -0.2) is 0 Å². The summed E-state index contributed by atoms with van der Waals surface area (Å²) in [7, 11) is 0. The van der Waals surface area contributed by atoms with E-state index < -0.39 is 0 Å². The molecule has 88 valence electrons. The minimum Gasteiger partial charge on any atom is -0.312 e. The van der Waals surface area contributed by atoms with Gasteiger partial charge in [0, 0.05) is 6.42 Å². The van der Waals surface area contributed by atoms with E-state index in [2.05, 4.69) is 10.4 Å². The van der Waals surface area contributed by atoms with Gasteiger partial charge in [0.25, 0.3) is 5.91 Å². The number of carbonyl (C=O) groups excluding carboxylic acids is 2. The number of hydrogen-bond donors (Lipinski definition) is 1. The van der Waals surface area contributed by atoms with Gasteiger partial charge in [0.1, 0.15) is 5.84 Å². The molecule has 5 nitrogen and oxygen atoms in total. The number of nitrogens with one attached hydrogen (secondary N) is 1. The summed E-state index contributed by atoms with van der Waals surface area (Å²) < 4.78 is 0. The van der Waals surface area contributed by atoms with Crippen molar-refractivity contribution in [2.45, 2.75) is 19.8 Å². The highest BCUT2D eigenvalue weighted by Crippen LogP contribution is 2.18. The minimum absolute atomic E-state index is 0.133. The smallest absolute Gasteiger partial charge is 0.255 e. The molecule has 0 fully saturated rings. The molecular weight excluding hydrogens is 218 g/mol. The fourth-order valence-corrected chi connectivity index (χ4v) is 1.52. The number of rotatable bonds is 2. The van der Waals surface area contributed by atoms with Gasteiger partial charge in [-0.2, -0.15) is 10.1 Å². The summed E-state index contributed by atoms with van der Waals surface area (Å²) >= 11 is 0. The second-order valence-corrected chi connectivity index (χ2v) is 3.67. The van der Waals surface area contributed by atoms with Gasteiger partial charge in [0.05, 0.1) is 12.1 Å². The molecule has 17 heavy (non-hydrogen) atoms. The summed E-state index contributed by atoms with van der Waals surface area (Å²) in [5.41, 5.74) is 0.707. The first kappa shape index (κ1) is 11.3. The topological polar surface area (TPSA) is 61.8 Å². The van der Waals surface area contributed by atoms with Crippen molar-refractivity contribution < 1.29 is 9.59 Å². The maximum Gasteiger partial charge on any atom is 0.255 e. The highest BCUT2D eigenvalue weighted by atomic mass is 16.2. The number of amidine groups is 1. The Hall–Kier alpha value is -2.17. The van der Waals surface area contributed by atoms with Gasteiger partial charge in [-0.1, -0.05) is 25.1 Å². The Balaban J connectivity index is 2.15. The molecule has 0 spiro atoms. The molecule has 1 aromatic carbocycles. The van der Waals surface area contributed by atoms with E-state index in [1.807, 2.05) is 18.2 Å². The molecule has 1 aliphatic rings. The molecule has 0 unspecified atom stereocenters. The van der Waals surface area contributed by atoms with Crippen LogP contribution < -0.4 is 10.3 Å². The van der Waals surface area contributed by atoms with Crippen LogP contribution in [-0.2, 0) is 9.59 Å². The number of para-hydroxylation sites is 1. The molecule has 0 aromatic heterocycles. The third kappa shape index (κ3) is 2.50. The number of carbonyl (C=O) groups is 2. The Bertz CT molecular complexity index is 468. The third-order valence-electron chi connectivity index (χ3n) is 2.38. The lowest BCUT2D eigenvalue weighted by molar-refractivity contribution is -0.119. The average molecular weight is 231 g/mol. The van der Waals surface area contributed by atoms with E-state index in [9.17, 15) is 9.59 Å². The van der Waals surface area contributed by atoms with Crippen LogP contribution in [-0.4, -0.2) is 17.6 Å². The van der Waals surface area contributed by atoms with Crippen LogP contribution in [0.5, 0.6) is 0 Å². The molecule has 1 aromatic rings. The zero-order chi connectivity index (χ0) is 12.3. The first-order chi connectivity index (χ1) is 8.20. The van der Waals surface area contributed by atoms with Gasteiger partial charge in [0.15, 0.2) is 0 Å². The van der Waals surface area contributed by atoms with Crippen LogP contribution in [0.15, 0.2) is 35.4 Å². The maximum atomic E-state index is 11.7. The molecular formula is C12H13N3O2. The summed E-state index contributed by atoms with van der Waals surface area (Å²) in [5.74, 6) is 0.139. The third-order valence-corrected chi connectivity index (χ3v) is 2.38. The molecule has 2 rings (SSSR count). The van der Waals surface area contributed by atoms with Crippen molar-refractivity contribution in [3.05, 3.63) is 30.3 Å². The lowest BCUT2D eigenvalue weighted by atomic mass is 10.3. The number of nitrogens with zero attached hydrogens (tertiary/aromatic N) is 2. The summed E-state index contributed by atoms with van der Waals surface area (Å²) in [6, 6.07) is 9.13. The summed E-state index contributed by atoms with van der Waals surface area (Å²) in [5, 5.41) is 8.01. The Morgan fingerprint density at radius 2 is 2.12 bits per heavy atom. The fraction of sp³-hybridized carbons (Fsp3) is 0.250. The molecule has 1 N–H and O–H groups in total. The molecule has 0 atom stereocenters. The molecule has 0 radical (unpaired) electrons. The average Bonchev–Trinajstić information content (AvgIpc) is 2.71. The van der Waals surface area contributed by atoms with Gasteiger partial charge in [-0.3, -0.25) is 9.59 Å². The first-order valence-electron chi connectivity index (χ1n) is 5.46. The van der Waals surface area contributed by atoms with Crippen molar-refractivity contribution in [1.29, 1.82) is 0 Å². The standard InChI is InChI=1S/C12H13N3O2/c1-2-11(16)13-10-8-12(17)15(14-10)9-6-4-3-5-7-9/h3-7H,2,8H2,1H3,(H,13,14,16). The molecule has 0 aliphatic carbocycles. The van der Waals surface area contributed by atoms with Crippen LogP contribution in [0.3, 0.4) is 0 Å². The zero-order valence-corrected chi connectivity index (χ0v) is 9.51. The number of benzene rings is 1. The SMILES string of the molecule is CCC(=O)NC1=NN(c2ccccc2)C(=O)C1. The predicted molar refractivity (Wildman–Crippen MR) is 64.4 cm³/mol. The Morgan fingerprint density at radius 1 is 1.41 bits per heavy atom. The van der Waals surface area contributed by atoms with Crippen LogP contribution >= 0.6 is 0 Å². The van der Waals surface area contributed by atoms with Crippen molar-refractivity contribution in [1.82, 2.24) is 5.32 Å². The minimum atomic E-state index is -0.136. The molecule has 0 saturated heterocycles. The van der Waals surface area contributed by atoms with Crippen molar-refractivity contribution in [2.75, 3.05) is 5.01 Å². The molecule has 0 bridgehead atoms. The van der Waals surface area contributed by atoms with Crippen molar-refractivity contribution in [3.8, 4) is 0 Å². The van der Waals surface area contributed by atoms with Crippen molar-refractivity contribution in [3.63, 3.8) is 0 Å². The normalized spacial score (nSPS) is 14.8. The molecule has 1 aliphatic heterocycles. The van der Waals surface area contributed by atoms with E-state index >= 15 is 0 Å². The molecule has 1 heterocycles. The van der Waals surface area contributed by atoms with E-state index in [-0.39, 0.29) is 18.2 Å². The van der Waals surface area contributed by atoms with Gasteiger partial charge >= 0.3 is 0 Å². The van der Waals surface area contributed by atoms with Crippen LogP contribution in [0, 0.1) is 0 Å². The van der Waals surface area contributed by atoms with E-state index in [0.717, 1.165) is 0 Å². The van der Waals surface area contributed by atoms with Gasteiger partial charge in [0.2, 0.25) is 5.91 Å². The van der Waals surface area contributed by atoms with Crippen LogP contribution in [0.4, 0.5) is 5.69 Å². The Kier molecular flexibility index (Phi) is 3.18. The molecule has 2 amide bonds. The lowest BCUT2D eigenvalue weighted by Gasteiger charge is -2.10. The van der Waals surface area contributed by atoms with E-state index in [4.69, 9.17) is 0 Å². The van der Waals surface area contributed by atoms with Crippen molar-refractivity contribution >= 4 is 23.3 Å². The number of anilines is 1. The summed E-state index contributed by atoms with van der Waals surface area (Å²) in [6.07, 6.45) is 0.513. The second-order valence-electron chi connectivity index (χ2n) is 3.67. The Morgan fingerprint density at radius 3 is 2.76 bits per heavy atom. The highest BCUT2D eigenvalue weighted by molar-refractivity contribution is 6.15. The number of hydrazone groups is 1. The van der Waals surface area contributed by atoms with Crippen LogP contribution in [0.2, 0.25) is 0 Å². The van der Waals surface area contributed by atoms with Gasteiger partial charge in [-0.15, -0.1) is 0 Å². The summed E-state index contributed by atoms with van der Waals surface area (Å²) in [6.45, 7) is 1.75. The monoisotopic (exact) mass is 231 g/mol. The van der Waals surface area contributed by atoms with E-state index in [1.54, 1.807) is 19.1 Å². The van der Waals surface area contributed by atoms with Crippen LogP contribution in [0.25, 0.3) is 0 Å². The van der Waals surface area contributed by atoms with Crippen LogP contribution in [0.1, 0.15) is 19.8 Å². The molecule has 0 saturated carbocycles.